The molecule has 5 heteroatoms. The van der Waals surface area contributed by atoms with E-state index < -0.39 is 6.10 Å². The first-order chi connectivity index (χ1) is 32.6. The molecule has 1 atom stereocenters. The van der Waals surface area contributed by atoms with E-state index in [0.717, 1.165) is 51.4 Å². The standard InChI is InChI=1S/C61H114O5/c1-4-7-10-13-16-19-22-25-28-31-33-36-39-42-45-48-51-54-60(62)65-57-59(64-56-53-50-47-44-41-38-35-30-27-24-21-18-15-12-9-6-3)58-66-61(63)55-52-49-46-43-40-37-34-32-29-26-23-20-17-14-11-8-5-2/h25,28,33,36,42,45,59H,4-24,26-27,29-32,34-35,37-41,43-44,46-58H2,1-3H3/b28-25-,36-33-,45-42-/t59-/m1/s1. The topological polar surface area (TPSA) is 61.8 Å². The maximum absolute atomic E-state index is 12.7. The average molecular weight is 928 g/mol. The lowest BCUT2D eigenvalue weighted by atomic mass is 10.0. The molecule has 0 rings (SSSR count). The van der Waals surface area contributed by atoms with Gasteiger partial charge < -0.3 is 14.2 Å². The van der Waals surface area contributed by atoms with Crippen molar-refractivity contribution in [3.8, 4) is 0 Å². The van der Waals surface area contributed by atoms with Gasteiger partial charge in [0, 0.05) is 19.4 Å². The van der Waals surface area contributed by atoms with Crippen LogP contribution in [0.4, 0.5) is 0 Å². The van der Waals surface area contributed by atoms with Crippen LogP contribution in [-0.4, -0.2) is 37.9 Å². The Morgan fingerprint density at radius 1 is 0.318 bits per heavy atom. The van der Waals surface area contributed by atoms with Crippen LogP contribution in [0.25, 0.3) is 0 Å². The molecule has 66 heavy (non-hydrogen) atoms. The molecule has 0 aromatic heterocycles. The van der Waals surface area contributed by atoms with E-state index in [2.05, 4.69) is 57.2 Å². The van der Waals surface area contributed by atoms with Crippen LogP contribution in [0.1, 0.15) is 316 Å². The zero-order valence-corrected chi connectivity index (χ0v) is 44.7. The molecule has 0 aliphatic heterocycles. The van der Waals surface area contributed by atoms with Crippen LogP contribution in [0.5, 0.6) is 0 Å². The first-order valence-electron chi connectivity index (χ1n) is 29.5. The van der Waals surface area contributed by atoms with Crippen LogP contribution in [-0.2, 0) is 23.8 Å². The van der Waals surface area contributed by atoms with Gasteiger partial charge in [-0.05, 0) is 51.4 Å². The molecule has 0 aliphatic rings. The summed E-state index contributed by atoms with van der Waals surface area (Å²) in [6, 6.07) is 0. The van der Waals surface area contributed by atoms with Gasteiger partial charge in [0.05, 0.1) is 0 Å². The largest absolute Gasteiger partial charge is 0.463 e. The van der Waals surface area contributed by atoms with Gasteiger partial charge in [-0.25, -0.2) is 0 Å². The molecule has 0 bridgehead atoms. The summed E-state index contributed by atoms with van der Waals surface area (Å²) < 4.78 is 17.5. The summed E-state index contributed by atoms with van der Waals surface area (Å²) >= 11 is 0. The summed E-state index contributed by atoms with van der Waals surface area (Å²) in [5.74, 6) is -0.373. The third-order valence-electron chi connectivity index (χ3n) is 13.2. The zero-order chi connectivity index (χ0) is 47.7. The van der Waals surface area contributed by atoms with Gasteiger partial charge in [0.1, 0.15) is 19.3 Å². The highest BCUT2D eigenvalue weighted by Crippen LogP contribution is 2.17. The van der Waals surface area contributed by atoms with Gasteiger partial charge in [0.2, 0.25) is 0 Å². The Hall–Kier alpha value is -1.88. The van der Waals surface area contributed by atoms with Crippen LogP contribution in [0, 0.1) is 0 Å². The van der Waals surface area contributed by atoms with E-state index >= 15 is 0 Å². The van der Waals surface area contributed by atoms with Crippen molar-refractivity contribution in [1.82, 2.24) is 0 Å². The first kappa shape index (κ1) is 64.1. The fourth-order valence-corrected chi connectivity index (χ4v) is 8.74. The smallest absolute Gasteiger partial charge is 0.305 e. The number of hydrogen-bond acceptors (Lipinski definition) is 5. The molecule has 0 spiro atoms. The molecule has 0 heterocycles. The van der Waals surface area contributed by atoms with Crippen LogP contribution in [0.3, 0.4) is 0 Å². The molecule has 0 aromatic rings. The van der Waals surface area contributed by atoms with Crippen molar-refractivity contribution in [3.63, 3.8) is 0 Å². The SMILES string of the molecule is CCCCCCCC/C=C\C/C=C\C/C=C\CCCC(=O)OC[C@H](COC(=O)CCCCCCCCCCCCCCCCCCC)OCCCCCCCCCCCCCCCCCC. The normalized spacial score (nSPS) is 12.3. The lowest BCUT2D eigenvalue weighted by Crippen LogP contribution is -2.29. The molecule has 0 aliphatic carbocycles. The quantitative estimate of drug-likeness (QED) is 0.0345. The highest BCUT2D eigenvalue weighted by atomic mass is 16.6. The zero-order valence-electron chi connectivity index (χ0n) is 44.7. The predicted molar refractivity (Wildman–Crippen MR) is 288 cm³/mol. The van der Waals surface area contributed by atoms with E-state index in [9.17, 15) is 9.59 Å². The number of ether oxygens (including phenoxy) is 3. The van der Waals surface area contributed by atoms with Crippen LogP contribution >= 0.6 is 0 Å². The van der Waals surface area contributed by atoms with Gasteiger partial charge in [-0.2, -0.15) is 0 Å². The summed E-state index contributed by atoms with van der Waals surface area (Å²) in [7, 11) is 0. The van der Waals surface area contributed by atoms with Gasteiger partial charge in [-0.15, -0.1) is 0 Å². The Morgan fingerprint density at radius 2 is 0.591 bits per heavy atom. The minimum atomic E-state index is -0.415. The van der Waals surface area contributed by atoms with E-state index in [1.165, 1.54) is 231 Å². The van der Waals surface area contributed by atoms with Crippen molar-refractivity contribution in [2.45, 2.75) is 322 Å². The molecule has 0 unspecified atom stereocenters. The fourth-order valence-electron chi connectivity index (χ4n) is 8.74. The highest BCUT2D eigenvalue weighted by Gasteiger charge is 2.16. The third-order valence-corrected chi connectivity index (χ3v) is 13.2. The second-order valence-electron chi connectivity index (χ2n) is 19.9. The fraction of sp³-hybridized carbons (Fsp3) is 0.869. The first-order valence-corrected chi connectivity index (χ1v) is 29.5. The molecule has 5 nitrogen and oxygen atoms in total. The minimum Gasteiger partial charge on any atom is -0.463 e. The van der Waals surface area contributed by atoms with Gasteiger partial charge in [-0.3, -0.25) is 9.59 Å². The van der Waals surface area contributed by atoms with Crippen molar-refractivity contribution >= 4 is 11.9 Å². The van der Waals surface area contributed by atoms with Gasteiger partial charge >= 0.3 is 11.9 Å². The Balaban J connectivity index is 4.28. The van der Waals surface area contributed by atoms with Crippen molar-refractivity contribution in [1.29, 1.82) is 0 Å². The second-order valence-corrected chi connectivity index (χ2v) is 19.9. The van der Waals surface area contributed by atoms with E-state index in [1.807, 2.05) is 0 Å². The molecular formula is C61H114O5. The van der Waals surface area contributed by atoms with Gasteiger partial charge in [-0.1, -0.05) is 288 Å². The van der Waals surface area contributed by atoms with Crippen molar-refractivity contribution in [3.05, 3.63) is 36.5 Å². The molecule has 388 valence electrons. The summed E-state index contributed by atoms with van der Waals surface area (Å²) in [6.45, 7) is 7.73. The van der Waals surface area contributed by atoms with Gasteiger partial charge in [0.25, 0.3) is 0 Å². The molecule has 0 aromatic carbocycles. The number of hydrogen-bond donors (Lipinski definition) is 0. The Labute approximate surface area is 412 Å². The van der Waals surface area contributed by atoms with E-state index in [1.54, 1.807) is 0 Å². The molecule has 0 N–H and O–H groups in total. The van der Waals surface area contributed by atoms with Crippen molar-refractivity contribution in [2.75, 3.05) is 19.8 Å². The van der Waals surface area contributed by atoms with Crippen molar-refractivity contribution in [2.24, 2.45) is 0 Å². The van der Waals surface area contributed by atoms with E-state index in [4.69, 9.17) is 14.2 Å². The lowest BCUT2D eigenvalue weighted by molar-refractivity contribution is -0.155. The maximum Gasteiger partial charge on any atom is 0.305 e. The summed E-state index contributed by atoms with van der Waals surface area (Å²) in [5.41, 5.74) is 0. The molecule has 0 saturated heterocycles. The molecule has 0 fully saturated rings. The Morgan fingerprint density at radius 3 is 0.955 bits per heavy atom. The molecule has 0 radical (unpaired) electrons. The summed E-state index contributed by atoms with van der Waals surface area (Å²) in [4.78, 5) is 25.3. The maximum atomic E-state index is 12.7. The van der Waals surface area contributed by atoms with Crippen LogP contribution in [0.2, 0.25) is 0 Å². The number of esters is 2. The Kier molecular flexibility index (Phi) is 55.8. The van der Waals surface area contributed by atoms with E-state index in [-0.39, 0.29) is 25.2 Å². The lowest BCUT2D eigenvalue weighted by Gasteiger charge is -2.18. The van der Waals surface area contributed by atoms with Gasteiger partial charge in [0.15, 0.2) is 0 Å². The molecule has 0 saturated carbocycles. The molecular weight excluding hydrogens is 813 g/mol. The third kappa shape index (κ3) is 54.7. The number of allylic oxidation sites excluding steroid dienone is 6. The highest BCUT2D eigenvalue weighted by molar-refractivity contribution is 5.69. The summed E-state index contributed by atoms with van der Waals surface area (Å²) in [5, 5.41) is 0. The van der Waals surface area contributed by atoms with Crippen molar-refractivity contribution < 1.29 is 23.8 Å². The van der Waals surface area contributed by atoms with E-state index in [0.29, 0.717) is 19.4 Å². The summed E-state index contributed by atoms with van der Waals surface area (Å²) in [6.07, 6.45) is 70.5. The monoisotopic (exact) mass is 927 g/mol. The minimum absolute atomic E-state index is 0.137. The average Bonchev–Trinajstić information content (AvgIpc) is 3.32. The number of unbranched alkanes of at least 4 members (excludes halogenated alkanes) is 38. The second kappa shape index (κ2) is 57.4. The molecule has 0 amide bonds. The number of rotatable bonds is 55. The number of carbonyl (C=O) groups excluding carboxylic acids is 2. The predicted octanol–water partition coefficient (Wildman–Crippen LogP) is 20.1. The van der Waals surface area contributed by atoms with Crippen LogP contribution < -0.4 is 0 Å². The Bertz CT molecular complexity index is 1050. The number of carbonyl (C=O) groups is 2. The van der Waals surface area contributed by atoms with Crippen LogP contribution in [0.15, 0.2) is 36.5 Å².